The van der Waals surface area contributed by atoms with Crippen LogP contribution >= 0.6 is 0 Å². The van der Waals surface area contributed by atoms with Crippen LogP contribution in [0.15, 0.2) is 170 Å². The molecule has 6 nitrogen and oxygen atoms in total. The molecule has 0 aliphatic carbocycles. The summed E-state index contributed by atoms with van der Waals surface area (Å²) in [6, 6.07) is 51.4. The third kappa shape index (κ3) is 5.55. The van der Waals surface area contributed by atoms with Gasteiger partial charge < -0.3 is 0 Å². The lowest BCUT2D eigenvalue weighted by Gasteiger charge is -2.12. The van der Waals surface area contributed by atoms with Crippen LogP contribution in [0.25, 0.3) is 89.5 Å². The topological polar surface area (TPSA) is 77.3 Å². The van der Waals surface area contributed by atoms with E-state index in [1.54, 1.807) is 6.20 Å². The second-order valence-corrected chi connectivity index (χ2v) is 12.0. The van der Waals surface area contributed by atoms with Gasteiger partial charge in [0.15, 0.2) is 17.5 Å². The molecule has 0 aliphatic heterocycles. The first-order valence-electron chi connectivity index (χ1n) is 16.4. The molecule has 4 aromatic heterocycles. The third-order valence-corrected chi connectivity index (χ3v) is 8.90. The minimum absolute atomic E-state index is 0.595. The second kappa shape index (κ2) is 12.6. The van der Waals surface area contributed by atoms with Crippen LogP contribution in [0.2, 0.25) is 0 Å². The highest BCUT2D eigenvalue weighted by Gasteiger charge is 2.15. The van der Waals surface area contributed by atoms with E-state index in [0.29, 0.717) is 17.5 Å². The smallest absolute Gasteiger partial charge is 0.164 e. The Hall–Kier alpha value is -6.92. The van der Waals surface area contributed by atoms with E-state index in [1.807, 2.05) is 79.1 Å². The van der Waals surface area contributed by atoms with Crippen molar-refractivity contribution >= 4 is 21.8 Å². The first-order valence-corrected chi connectivity index (χ1v) is 16.4. The van der Waals surface area contributed by atoms with E-state index in [1.165, 1.54) is 0 Å². The summed E-state index contributed by atoms with van der Waals surface area (Å²) in [5.74, 6) is 1.79. The molecule has 0 saturated carbocycles. The zero-order valence-electron chi connectivity index (χ0n) is 26.8. The summed E-state index contributed by atoms with van der Waals surface area (Å²) < 4.78 is 0. The zero-order chi connectivity index (χ0) is 33.3. The van der Waals surface area contributed by atoms with Gasteiger partial charge in [0.05, 0.1) is 16.7 Å². The van der Waals surface area contributed by atoms with Crippen LogP contribution in [0.4, 0.5) is 0 Å². The fourth-order valence-corrected chi connectivity index (χ4v) is 6.43. The van der Waals surface area contributed by atoms with E-state index < -0.39 is 0 Å². The van der Waals surface area contributed by atoms with Gasteiger partial charge in [-0.25, -0.2) is 15.0 Å². The van der Waals surface area contributed by atoms with Gasteiger partial charge in [0.25, 0.3) is 0 Å². The molecule has 50 heavy (non-hydrogen) atoms. The number of fused-ring (bicyclic) bond motifs is 2. The monoisotopic (exact) mass is 640 g/mol. The number of benzene rings is 5. The number of para-hydroxylation sites is 2. The minimum Gasteiger partial charge on any atom is -0.256 e. The maximum atomic E-state index is 5.10. The van der Waals surface area contributed by atoms with Crippen molar-refractivity contribution in [3.8, 4) is 67.7 Å². The maximum absolute atomic E-state index is 5.10. The van der Waals surface area contributed by atoms with Crippen molar-refractivity contribution in [2.45, 2.75) is 0 Å². The number of aromatic nitrogens is 6. The number of nitrogens with zero attached hydrogens (tertiary/aromatic N) is 6. The van der Waals surface area contributed by atoms with Crippen LogP contribution in [0.3, 0.4) is 0 Å². The molecule has 9 rings (SSSR count). The summed E-state index contributed by atoms with van der Waals surface area (Å²) in [6.45, 7) is 0. The largest absolute Gasteiger partial charge is 0.256 e. The average molecular weight is 641 g/mol. The summed E-state index contributed by atoms with van der Waals surface area (Å²) >= 11 is 0. The highest BCUT2D eigenvalue weighted by atomic mass is 15.0. The predicted octanol–water partition coefficient (Wildman–Crippen LogP) is 10.4. The molecule has 0 amide bonds. The van der Waals surface area contributed by atoms with E-state index in [2.05, 4.69) is 99.9 Å². The van der Waals surface area contributed by atoms with E-state index in [-0.39, 0.29) is 0 Å². The second-order valence-electron chi connectivity index (χ2n) is 12.0. The molecule has 0 unspecified atom stereocenters. The Balaban J connectivity index is 1.19. The van der Waals surface area contributed by atoms with Crippen LogP contribution in [0.5, 0.6) is 0 Å². The summed E-state index contributed by atoms with van der Waals surface area (Å²) in [5.41, 5.74) is 10.9. The van der Waals surface area contributed by atoms with Crippen LogP contribution in [0, 0.1) is 0 Å². The molecule has 234 valence electrons. The predicted molar refractivity (Wildman–Crippen MR) is 201 cm³/mol. The first kappa shape index (κ1) is 29.2. The van der Waals surface area contributed by atoms with Gasteiger partial charge in [-0.1, -0.05) is 103 Å². The van der Waals surface area contributed by atoms with Gasteiger partial charge in [0.2, 0.25) is 0 Å². The Morgan fingerprint density at radius 2 is 0.780 bits per heavy atom. The van der Waals surface area contributed by atoms with Crippen molar-refractivity contribution in [1.29, 1.82) is 0 Å². The lowest BCUT2D eigenvalue weighted by molar-refractivity contribution is 1.07. The Labute approximate surface area is 288 Å². The number of hydrogen-bond donors (Lipinski definition) is 0. The maximum Gasteiger partial charge on any atom is 0.164 e. The molecule has 4 heterocycles. The molecule has 0 aliphatic rings. The zero-order valence-corrected chi connectivity index (χ0v) is 26.8. The van der Waals surface area contributed by atoms with Gasteiger partial charge >= 0.3 is 0 Å². The molecule has 0 spiro atoms. The van der Waals surface area contributed by atoms with Crippen LogP contribution in [-0.2, 0) is 0 Å². The molecular weight excluding hydrogens is 613 g/mol. The lowest BCUT2D eigenvalue weighted by atomic mass is 9.99. The summed E-state index contributed by atoms with van der Waals surface area (Å²) in [5, 5.41) is 2.19. The summed E-state index contributed by atoms with van der Waals surface area (Å²) in [6.07, 6.45) is 5.52. The van der Waals surface area contributed by atoms with Crippen LogP contribution < -0.4 is 0 Å². The van der Waals surface area contributed by atoms with E-state index in [4.69, 9.17) is 15.0 Å². The number of hydrogen-bond acceptors (Lipinski definition) is 6. The summed E-state index contributed by atoms with van der Waals surface area (Å²) in [4.78, 5) is 28.9. The standard InChI is InChI=1S/C44H28N6/c1-3-16-40-37(13-1)35(22-25-46-40)31-9-7-11-33(27-31)43-48-42(30-20-18-29(19-21-30)39-15-5-6-24-45-39)49-44(50-43)34-12-8-10-32(28-34)36-23-26-47-41-17-4-2-14-38(36)41/h1-28H. The summed E-state index contributed by atoms with van der Waals surface area (Å²) in [7, 11) is 0. The molecular formula is C44H28N6. The normalized spacial score (nSPS) is 11.2. The van der Waals surface area contributed by atoms with Crippen molar-refractivity contribution in [3.05, 3.63) is 170 Å². The Kier molecular flexibility index (Phi) is 7.37. The third-order valence-electron chi connectivity index (χ3n) is 8.90. The van der Waals surface area contributed by atoms with Gasteiger partial charge in [0.1, 0.15) is 0 Å². The molecule has 5 aromatic carbocycles. The van der Waals surface area contributed by atoms with Crippen molar-refractivity contribution < 1.29 is 0 Å². The molecule has 0 saturated heterocycles. The van der Waals surface area contributed by atoms with Crippen molar-refractivity contribution in [2.24, 2.45) is 0 Å². The van der Waals surface area contributed by atoms with E-state index in [9.17, 15) is 0 Å². The van der Waals surface area contributed by atoms with Gasteiger partial charge in [0, 0.05) is 51.6 Å². The van der Waals surface area contributed by atoms with Crippen LogP contribution in [-0.4, -0.2) is 29.9 Å². The van der Waals surface area contributed by atoms with Crippen molar-refractivity contribution in [2.75, 3.05) is 0 Å². The molecule has 0 bridgehead atoms. The quantitative estimate of drug-likeness (QED) is 0.180. The Bertz CT molecular complexity index is 2500. The molecule has 0 fully saturated rings. The minimum atomic E-state index is 0.595. The molecule has 0 atom stereocenters. The first-order chi connectivity index (χ1) is 24.8. The molecule has 0 radical (unpaired) electrons. The SMILES string of the molecule is c1ccc(-c2ccc(-c3nc(-c4cccc(-c5ccnc6ccccc56)c4)nc(-c4cccc(-c5ccnc6ccccc56)c4)n3)cc2)nc1. The van der Waals surface area contributed by atoms with Gasteiger partial charge in [-0.05, 0) is 70.8 Å². The molecule has 0 N–H and O–H groups in total. The highest BCUT2D eigenvalue weighted by molar-refractivity contribution is 5.96. The highest BCUT2D eigenvalue weighted by Crippen LogP contribution is 2.34. The lowest BCUT2D eigenvalue weighted by Crippen LogP contribution is -2.00. The van der Waals surface area contributed by atoms with E-state index in [0.717, 1.165) is 72.0 Å². The van der Waals surface area contributed by atoms with Crippen molar-refractivity contribution in [1.82, 2.24) is 29.9 Å². The van der Waals surface area contributed by atoms with Gasteiger partial charge in [-0.2, -0.15) is 0 Å². The van der Waals surface area contributed by atoms with Gasteiger partial charge in [-0.15, -0.1) is 0 Å². The Morgan fingerprint density at radius 1 is 0.300 bits per heavy atom. The molecule has 9 aromatic rings. The van der Waals surface area contributed by atoms with E-state index >= 15 is 0 Å². The Morgan fingerprint density at radius 3 is 1.32 bits per heavy atom. The fraction of sp³-hybridized carbons (Fsp3) is 0. The fourth-order valence-electron chi connectivity index (χ4n) is 6.43. The average Bonchev–Trinajstić information content (AvgIpc) is 3.21. The van der Waals surface area contributed by atoms with Gasteiger partial charge in [-0.3, -0.25) is 15.0 Å². The number of pyridine rings is 3. The number of rotatable bonds is 6. The molecule has 6 heteroatoms. The van der Waals surface area contributed by atoms with Crippen LogP contribution in [0.1, 0.15) is 0 Å². The van der Waals surface area contributed by atoms with Crippen molar-refractivity contribution in [3.63, 3.8) is 0 Å².